The number of halogens is 1. The van der Waals surface area contributed by atoms with Gasteiger partial charge in [-0.1, -0.05) is 0 Å². The molecule has 0 amide bonds. The molecule has 0 spiro atoms. The molecule has 82 valence electrons. The summed E-state index contributed by atoms with van der Waals surface area (Å²) in [6.45, 7) is 0. The van der Waals surface area contributed by atoms with Crippen molar-refractivity contribution < 1.29 is 12.8 Å². The molecule has 2 N–H and O–H groups in total. The molecular weight excluding hydrogens is 217 g/mol. The highest BCUT2D eigenvalue weighted by atomic mass is 32.2. The van der Waals surface area contributed by atoms with Crippen molar-refractivity contribution in [2.75, 3.05) is 0 Å². The second-order valence-corrected chi connectivity index (χ2v) is 6.17. The summed E-state index contributed by atoms with van der Waals surface area (Å²) in [4.78, 5) is -1.03. The minimum atomic E-state index is -3.51. The lowest BCUT2D eigenvalue weighted by molar-refractivity contribution is 0.346. The lowest BCUT2D eigenvalue weighted by Gasteiger charge is -2.37. The number of hydrogen-bond donors (Lipinski definition) is 1. The van der Waals surface area contributed by atoms with Crippen LogP contribution < -0.4 is 5.73 Å². The molecule has 0 unspecified atom stereocenters. The quantitative estimate of drug-likeness (QED) is 0.780. The third-order valence-corrected chi connectivity index (χ3v) is 5.23. The summed E-state index contributed by atoms with van der Waals surface area (Å²) < 4.78 is 36.6. The van der Waals surface area contributed by atoms with Crippen molar-refractivity contribution in [1.29, 1.82) is 0 Å². The van der Waals surface area contributed by atoms with E-state index in [1.165, 1.54) is 12.1 Å². The average Bonchev–Trinajstić information content (AvgIpc) is 2.14. The van der Waals surface area contributed by atoms with Gasteiger partial charge in [0, 0.05) is 0 Å². The van der Waals surface area contributed by atoms with Crippen molar-refractivity contribution in [2.24, 2.45) is 5.73 Å². The molecule has 5 heteroatoms. The zero-order valence-electron chi connectivity index (χ0n) is 8.11. The highest BCUT2D eigenvalue weighted by Crippen LogP contribution is 2.38. The van der Waals surface area contributed by atoms with Gasteiger partial charge in [0.1, 0.15) is 10.7 Å². The Morgan fingerprint density at radius 2 is 1.73 bits per heavy atom. The lowest BCUT2D eigenvalue weighted by atomic mass is 9.93. The summed E-state index contributed by atoms with van der Waals surface area (Å²) in [5.74, 6) is -0.450. The van der Waals surface area contributed by atoms with Crippen molar-refractivity contribution >= 4 is 9.84 Å². The van der Waals surface area contributed by atoms with Crippen LogP contribution in [0, 0.1) is 5.82 Å². The second kappa shape index (κ2) is 3.28. The molecule has 1 aromatic carbocycles. The van der Waals surface area contributed by atoms with E-state index in [1.54, 1.807) is 0 Å². The van der Waals surface area contributed by atoms with E-state index in [0.29, 0.717) is 12.8 Å². The van der Waals surface area contributed by atoms with Gasteiger partial charge in [0.05, 0.1) is 4.90 Å². The molecule has 3 nitrogen and oxygen atoms in total. The van der Waals surface area contributed by atoms with Crippen molar-refractivity contribution in [3.05, 3.63) is 30.1 Å². The van der Waals surface area contributed by atoms with Gasteiger partial charge in [0.25, 0.3) is 0 Å². The Labute approximate surface area is 88.0 Å². The van der Waals surface area contributed by atoms with Crippen LogP contribution >= 0.6 is 0 Å². The summed E-state index contributed by atoms with van der Waals surface area (Å²) >= 11 is 0. The zero-order valence-corrected chi connectivity index (χ0v) is 8.93. The molecule has 0 heterocycles. The fourth-order valence-electron chi connectivity index (χ4n) is 1.64. The van der Waals surface area contributed by atoms with Crippen LogP contribution in [-0.2, 0) is 9.84 Å². The number of sulfone groups is 1. The first kappa shape index (κ1) is 10.6. The number of hydrogen-bond acceptors (Lipinski definition) is 3. The molecule has 0 radical (unpaired) electrons. The molecule has 1 aliphatic carbocycles. The minimum Gasteiger partial charge on any atom is -0.312 e. The fraction of sp³-hybridized carbons (Fsp3) is 0.400. The van der Waals surface area contributed by atoms with Gasteiger partial charge < -0.3 is 5.73 Å². The largest absolute Gasteiger partial charge is 0.312 e. The summed E-state index contributed by atoms with van der Waals surface area (Å²) in [5.41, 5.74) is 5.77. The average molecular weight is 229 g/mol. The molecule has 1 aromatic rings. The predicted octanol–water partition coefficient (Wildman–Crippen LogP) is 1.44. The van der Waals surface area contributed by atoms with Crippen molar-refractivity contribution in [2.45, 2.75) is 29.0 Å². The molecule has 2 rings (SSSR count). The number of rotatable bonds is 2. The molecule has 0 aromatic heterocycles. The monoisotopic (exact) mass is 229 g/mol. The summed E-state index contributed by atoms with van der Waals surface area (Å²) in [6, 6.07) is 4.79. The van der Waals surface area contributed by atoms with Crippen LogP contribution in [0.15, 0.2) is 29.2 Å². The minimum absolute atomic E-state index is 0.103. The van der Waals surface area contributed by atoms with Crippen molar-refractivity contribution in [3.63, 3.8) is 0 Å². The van der Waals surface area contributed by atoms with E-state index in [2.05, 4.69) is 0 Å². The molecule has 0 bridgehead atoms. The van der Waals surface area contributed by atoms with Gasteiger partial charge in [-0.15, -0.1) is 0 Å². The highest BCUT2D eigenvalue weighted by Gasteiger charge is 2.45. The smallest absolute Gasteiger partial charge is 0.196 e. The topological polar surface area (TPSA) is 60.2 Å². The van der Waals surface area contributed by atoms with Gasteiger partial charge in [-0.25, -0.2) is 12.8 Å². The van der Waals surface area contributed by atoms with Crippen molar-refractivity contribution in [3.8, 4) is 0 Å². The Hall–Kier alpha value is -0.940. The van der Waals surface area contributed by atoms with Gasteiger partial charge in [0.15, 0.2) is 9.84 Å². The summed E-state index contributed by atoms with van der Waals surface area (Å²) in [6.07, 6.45) is 1.79. The van der Waals surface area contributed by atoms with Crippen LogP contribution in [0.3, 0.4) is 0 Å². The molecule has 15 heavy (non-hydrogen) atoms. The third-order valence-electron chi connectivity index (χ3n) is 2.86. The Bertz CT molecular complexity index is 463. The summed E-state index contributed by atoms with van der Waals surface area (Å²) in [5, 5.41) is 0. The Morgan fingerprint density at radius 3 is 2.13 bits per heavy atom. The maximum Gasteiger partial charge on any atom is 0.196 e. The van der Waals surface area contributed by atoms with Crippen LogP contribution in [0.4, 0.5) is 4.39 Å². The van der Waals surface area contributed by atoms with E-state index in [1.807, 2.05) is 0 Å². The second-order valence-electron chi connectivity index (χ2n) is 3.88. The van der Waals surface area contributed by atoms with E-state index < -0.39 is 20.5 Å². The third kappa shape index (κ3) is 1.55. The van der Waals surface area contributed by atoms with E-state index in [4.69, 9.17) is 5.73 Å². The van der Waals surface area contributed by atoms with E-state index in [0.717, 1.165) is 18.6 Å². The maximum atomic E-state index is 12.6. The molecule has 1 aliphatic rings. The van der Waals surface area contributed by atoms with Gasteiger partial charge >= 0.3 is 0 Å². The van der Waals surface area contributed by atoms with Crippen molar-refractivity contribution in [1.82, 2.24) is 0 Å². The Balaban J connectivity index is 2.42. The van der Waals surface area contributed by atoms with Gasteiger partial charge in [-0.2, -0.15) is 0 Å². The van der Waals surface area contributed by atoms with Crippen LogP contribution in [0.2, 0.25) is 0 Å². The van der Waals surface area contributed by atoms with Crippen LogP contribution in [-0.4, -0.2) is 13.3 Å². The maximum absolute atomic E-state index is 12.6. The lowest BCUT2D eigenvalue weighted by Crippen LogP contribution is -2.53. The standard InChI is InChI=1S/C10H12FNO2S/c11-8-2-4-9(5-3-8)15(13,14)10(12)6-1-7-10/h2-5H,1,6-7,12H2. The number of nitrogens with two attached hydrogens (primary N) is 1. The van der Waals surface area contributed by atoms with E-state index >= 15 is 0 Å². The van der Waals surface area contributed by atoms with Crippen LogP contribution in [0.25, 0.3) is 0 Å². The SMILES string of the molecule is NC1(S(=O)(=O)c2ccc(F)cc2)CCC1. The van der Waals surface area contributed by atoms with Gasteiger partial charge in [-0.3, -0.25) is 0 Å². The van der Waals surface area contributed by atoms with E-state index in [9.17, 15) is 12.8 Å². The molecule has 1 saturated carbocycles. The fourth-order valence-corrected chi connectivity index (χ4v) is 3.43. The normalized spacial score (nSPS) is 19.6. The van der Waals surface area contributed by atoms with Gasteiger partial charge in [0.2, 0.25) is 0 Å². The molecule has 0 atom stereocenters. The molecule has 0 saturated heterocycles. The van der Waals surface area contributed by atoms with Gasteiger partial charge in [-0.05, 0) is 43.5 Å². The molecule has 1 fully saturated rings. The first-order valence-corrected chi connectivity index (χ1v) is 6.23. The first-order chi connectivity index (χ1) is 6.96. The molecule has 0 aliphatic heterocycles. The van der Waals surface area contributed by atoms with E-state index in [-0.39, 0.29) is 4.90 Å². The first-order valence-electron chi connectivity index (χ1n) is 4.75. The Kier molecular flexibility index (Phi) is 2.31. The van der Waals surface area contributed by atoms with Crippen LogP contribution in [0.5, 0.6) is 0 Å². The molecular formula is C10H12FNO2S. The summed E-state index contributed by atoms with van der Waals surface area (Å²) in [7, 11) is -3.51. The predicted molar refractivity (Wildman–Crippen MR) is 54.4 cm³/mol. The Morgan fingerprint density at radius 1 is 1.20 bits per heavy atom. The highest BCUT2D eigenvalue weighted by molar-refractivity contribution is 7.92. The zero-order chi connectivity index (χ0) is 11.1. The number of benzene rings is 1. The van der Waals surface area contributed by atoms with Crippen LogP contribution in [0.1, 0.15) is 19.3 Å².